The lowest BCUT2D eigenvalue weighted by atomic mass is 10.0. The molecular formula is C25H35N5O2S2. The van der Waals surface area contributed by atoms with Crippen molar-refractivity contribution in [3.63, 3.8) is 0 Å². The van der Waals surface area contributed by atoms with E-state index in [4.69, 9.17) is 12.2 Å². The summed E-state index contributed by atoms with van der Waals surface area (Å²) in [7, 11) is 0. The fourth-order valence-electron chi connectivity index (χ4n) is 4.42. The normalized spacial score (nSPS) is 18.3. The van der Waals surface area contributed by atoms with Gasteiger partial charge in [-0.15, -0.1) is 0 Å². The molecule has 9 heteroatoms. The zero-order valence-electron chi connectivity index (χ0n) is 20.7. The van der Waals surface area contributed by atoms with Crippen molar-refractivity contribution in [3.05, 3.63) is 31.9 Å². The number of hydrogen-bond acceptors (Lipinski definition) is 7. The van der Waals surface area contributed by atoms with Crippen molar-refractivity contribution in [1.82, 2.24) is 14.4 Å². The number of rotatable bonds is 9. The second-order valence-corrected chi connectivity index (χ2v) is 10.4. The van der Waals surface area contributed by atoms with Gasteiger partial charge in [0.05, 0.1) is 4.91 Å². The Labute approximate surface area is 212 Å². The van der Waals surface area contributed by atoms with Gasteiger partial charge in [0.1, 0.15) is 21.8 Å². The molecule has 1 aromatic rings. The third-order valence-electron chi connectivity index (χ3n) is 6.59. The van der Waals surface area contributed by atoms with Gasteiger partial charge < -0.3 is 9.80 Å². The Morgan fingerprint density at radius 2 is 1.71 bits per heavy atom. The number of piperazine rings is 1. The quantitative estimate of drug-likeness (QED) is 0.374. The molecule has 7 nitrogen and oxygen atoms in total. The highest BCUT2D eigenvalue weighted by Gasteiger charge is 2.33. The molecule has 0 radical (unpaired) electrons. The highest BCUT2D eigenvalue weighted by molar-refractivity contribution is 8.26. The van der Waals surface area contributed by atoms with E-state index in [0.29, 0.717) is 27.9 Å². The summed E-state index contributed by atoms with van der Waals surface area (Å²) in [5, 5.41) is 9.83. The van der Waals surface area contributed by atoms with E-state index in [9.17, 15) is 14.9 Å². The summed E-state index contributed by atoms with van der Waals surface area (Å²) < 4.78 is 2.33. The number of likely N-dealkylation sites (N-methyl/N-ethyl adjacent to an activating group) is 1. The molecule has 2 aliphatic rings. The van der Waals surface area contributed by atoms with Crippen LogP contribution in [-0.2, 0) is 11.3 Å². The molecule has 2 aliphatic heterocycles. The number of nitriles is 1. The predicted octanol–water partition coefficient (Wildman–Crippen LogP) is 3.97. The van der Waals surface area contributed by atoms with Gasteiger partial charge in [0.15, 0.2) is 0 Å². The minimum atomic E-state index is -0.242. The van der Waals surface area contributed by atoms with E-state index < -0.39 is 0 Å². The van der Waals surface area contributed by atoms with Crippen molar-refractivity contribution < 1.29 is 4.79 Å². The second kappa shape index (κ2) is 12.0. The maximum Gasteiger partial charge on any atom is 0.270 e. The summed E-state index contributed by atoms with van der Waals surface area (Å²) in [6, 6.07) is 2.13. The van der Waals surface area contributed by atoms with Crippen LogP contribution in [0.15, 0.2) is 9.70 Å². The Bertz CT molecular complexity index is 1060. The number of carbonyl (C=O) groups is 1. The van der Waals surface area contributed by atoms with Crippen molar-refractivity contribution in [1.29, 1.82) is 5.26 Å². The first-order chi connectivity index (χ1) is 16.4. The van der Waals surface area contributed by atoms with Gasteiger partial charge in [0.25, 0.3) is 11.5 Å². The third-order valence-corrected chi connectivity index (χ3v) is 7.96. The Morgan fingerprint density at radius 3 is 2.29 bits per heavy atom. The molecule has 0 aromatic carbocycles. The number of pyridine rings is 1. The molecule has 2 saturated heterocycles. The van der Waals surface area contributed by atoms with Crippen LogP contribution in [0.5, 0.6) is 0 Å². The lowest BCUT2D eigenvalue weighted by Gasteiger charge is -2.37. The molecule has 0 bridgehead atoms. The first kappa shape index (κ1) is 26.5. The SMILES string of the molecule is CCCCN1C(=O)C(=Cc2c(C)c(C#N)c(=O)n(CCCC)c2N2CCN(CC)CC2)SC1=S. The summed E-state index contributed by atoms with van der Waals surface area (Å²) in [6.45, 7) is 13.7. The Kier molecular flexibility index (Phi) is 9.34. The van der Waals surface area contributed by atoms with E-state index in [1.54, 1.807) is 9.47 Å². The number of thiocarbonyl (C=S) groups is 1. The topological polar surface area (TPSA) is 72.6 Å². The molecule has 3 heterocycles. The Balaban J connectivity index is 2.16. The summed E-state index contributed by atoms with van der Waals surface area (Å²) in [5.74, 6) is 0.735. The van der Waals surface area contributed by atoms with Gasteiger partial charge in [0, 0.05) is 44.8 Å². The number of unbranched alkanes of at least 4 members (excludes halogenated alkanes) is 2. The molecule has 1 amide bonds. The zero-order chi connectivity index (χ0) is 24.8. The van der Waals surface area contributed by atoms with E-state index in [1.807, 2.05) is 13.0 Å². The number of amides is 1. The molecule has 2 fully saturated rings. The van der Waals surface area contributed by atoms with Crippen molar-refractivity contribution in [2.24, 2.45) is 0 Å². The molecule has 0 aliphatic carbocycles. The van der Waals surface area contributed by atoms with Crippen LogP contribution >= 0.6 is 24.0 Å². The van der Waals surface area contributed by atoms with Crippen molar-refractivity contribution >= 4 is 46.1 Å². The van der Waals surface area contributed by atoms with E-state index >= 15 is 0 Å². The molecule has 34 heavy (non-hydrogen) atoms. The van der Waals surface area contributed by atoms with E-state index in [0.717, 1.165) is 69.8 Å². The lowest BCUT2D eigenvalue weighted by Crippen LogP contribution is -2.48. The third kappa shape index (κ3) is 5.40. The summed E-state index contributed by atoms with van der Waals surface area (Å²) in [5.41, 5.74) is 1.33. The van der Waals surface area contributed by atoms with Gasteiger partial charge in [-0.3, -0.25) is 19.1 Å². The number of aromatic nitrogens is 1. The van der Waals surface area contributed by atoms with Crippen LogP contribution in [0.25, 0.3) is 6.08 Å². The van der Waals surface area contributed by atoms with Crippen LogP contribution in [0, 0.1) is 18.3 Å². The van der Waals surface area contributed by atoms with Crippen LogP contribution in [0.4, 0.5) is 5.82 Å². The molecule has 0 unspecified atom stereocenters. The average molecular weight is 502 g/mol. The first-order valence-electron chi connectivity index (χ1n) is 12.3. The van der Waals surface area contributed by atoms with E-state index in [1.165, 1.54) is 11.8 Å². The monoisotopic (exact) mass is 501 g/mol. The van der Waals surface area contributed by atoms with Crippen molar-refractivity contribution in [2.45, 2.75) is 59.9 Å². The second-order valence-electron chi connectivity index (χ2n) is 8.77. The molecule has 1 aromatic heterocycles. The number of carbonyl (C=O) groups excluding carboxylic acids is 1. The molecule has 0 N–H and O–H groups in total. The molecular weight excluding hydrogens is 466 g/mol. The van der Waals surface area contributed by atoms with Gasteiger partial charge in [-0.1, -0.05) is 57.6 Å². The van der Waals surface area contributed by atoms with Gasteiger partial charge in [0.2, 0.25) is 0 Å². The van der Waals surface area contributed by atoms with Crippen LogP contribution in [0.2, 0.25) is 0 Å². The standard InChI is InChI=1S/C25H35N5O2S2/c1-5-8-10-29-22(28-14-12-27(7-3)13-15-28)19(18(4)20(17-26)23(29)31)16-21-24(32)30(11-9-6-2)25(33)34-21/h16H,5-15H2,1-4H3. The fourth-order valence-corrected chi connectivity index (χ4v) is 5.71. The van der Waals surface area contributed by atoms with Gasteiger partial charge in [-0.25, -0.2) is 0 Å². The van der Waals surface area contributed by atoms with Crippen LogP contribution in [0.1, 0.15) is 63.1 Å². The maximum absolute atomic E-state index is 13.4. The minimum Gasteiger partial charge on any atom is -0.355 e. The highest BCUT2D eigenvalue weighted by Crippen LogP contribution is 2.36. The lowest BCUT2D eigenvalue weighted by molar-refractivity contribution is -0.122. The number of hydrogen-bond donors (Lipinski definition) is 0. The fraction of sp³-hybridized carbons (Fsp3) is 0.600. The molecule has 0 spiro atoms. The minimum absolute atomic E-state index is 0.0885. The van der Waals surface area contributed by atoms with Crippen molar-refractivity contribution in [3.8, 4) is 6.07 Å². The Morgan fingerprint density at radius 1 is 1.06 bits per heavy atom. The molecule has 0 atom stereocenters. The Hall–Kier alpha value is -2.15. The summed E-state index contributed by atoms with van der Waals surface area (Å²) in [6.07, 6.45) is 5.53. The van der Waals surface area contributed by atoms with Crippen LogP contribution in [-0.4, -0.2) is 63.9 Å². The molecule has 0 saturated carbocycles. The van der Waals surface area contributed by atoms with E-state index in [2.05, 4.69) is 36.6 Å². The van der Waals surface area contributed by atoms with Gasteiger partial charge in [-0.2, -0.15) is 5.26 Å². The number of nitrogens with zero attached hydrogens (tertiary/aromatic N) is 5. The van der Waals surface area contributed by atoms with Gasteiger partial charge >= 0.3 is 0 Å². The predicted molar refractivity (Wildman–Crippen MR) is 144 cm³/mol. The smallest absolute Gasteiger partial charge is 0.270 e. The summed E-state index contributed by atoms with van der Waals surface area (Å²) in [4.78, 5) is 33.4. The van der Waals surface area contributed by atoms with E-state index in [-0.39, 0.29) is 17.0 Å². The average Bonchev–Trinajstić information content (AvgIpc) is 3.11. The highest BCUT2D eigenvalue weighted by atomic mass is 32.2. The summed E-state index contributed by atoms with van der Waals surface area (Å²) >= 11 is 6.81. The zero-order valence-corrected chi connectivity index (χ0v) is 22.4. The maximum atomic E-state index is 13.4. The number of anilines is 1. The van der Waals surface area contributed by atoms with Crippen LogP contribution < -0.4 is 10.5 Å². The molecule has 3 rings (SSSR count). The van der Waals surface area contributed by atoms with Crippen LogP contribution in [0.3, 0.4) is 0 Å². The molecule has 184 valence electrons. The van der Waals surface area contributed by atoms with Crippen molar-refractivity contribution in [2.75, 3.05) is 44.2 Å². The largest absolute Gasteiger partial charge is 0.355 e. The number of thioether (sulfide) groups is 1. The van der Waals surface area contributed by atoms with Gasteiger partial charge in [-0.05, 0) is 37.9 Å². The first-order valence-corrected chi connectivity index (χ1v) is 13.5.